The molecule has 1 aromatic heterocycles. The Morgan fingerprint density at radius 1 is 1.07 bits per heavy atom. The van der Waals surface area contributed by atoms with Gasteiger partial charge < -0.3 is 15.4 Å². The standard InChI is InChI=1S/C19H20N6O2/c26-19(21-12-17-11-20-9-10-27-17)16-7-3-14(4-8-16)13-1-5-15(6-2-13)18-22-24-25-23-18/h1-8,17,20H,9-12H2,(H,21,26)(H,22,23,24,25)/t17-/m1/s1. The smallest absolute Gasteiger partial charge is 0.251 e. The van der Waals surface area contributed by atoms with Crippen LogP contribution >= 0.6 is 0 Å². The minimum absolute atomic E-state index is 0.0275. The van der Waals surface area contributed by atoms with Gasteiger partial charge in [-0.3, -0.25) is 4.79 Å². The zero-order valence-corrected chi connectivity index (χ0v) is 14.7. The molecule has 3 aromatic rings. The van der Waals surface area contributed by atoms with Gasteiger partial charge in [0.15, 0.2) is 0 Å². The molecule has 0 radical (unpaired) electrons. The third kappa shape index (κ3) is 4.18. The molecule has 1 atom stereocenters. The Morgan fingerprint density at radius 2 is 1.78 bits per heavy atom. The lowest BCUT2D eigenvalue weighted by Crippen LogP contribution is -2.45. The van der Waals surface area contributed by atoms with Gasteiger partial charge in [-0.1, -0.05) is 36.4 Å². The molecule has 8 heteroatoms. The van der Waals surface area contributed by atoms with Gasteiger partial charge in [0.1, 0.15) is 0 Å². The maximum Gasteiger partial charge on any atom is 0.251 e. The number of H-pyrrole nitrogens is 1. The first-order valence-corrected chi connectivity index (χ1v) is 8.84. The van der Waals surface area contributed by atoms with E-state index in [4.69, 9.17) is 4.74 Å². The van der Waals surface area contributed by atoms with Crippen LogP contribution in [0.3, 0.4) is 0 Å². The molecule has 1 amide bonds. The number of ether oxygens (including phenoxy) is 1. The molecule has 3 N–H and O–H groups in total. The molecule has 0 spiro atoms. The van der Waals surface area contributed by atoms with Gasteiger partial charge in [0.05, 0.1) is 12.7 Å². The zero-order chi connectivity index (χ0) is 18.5. The highest BCUT2D eigenvalue weighted by atomic mass is 16.5. The van der Waals surface area contributed by atoms with Gasteiger partial charge >= 0.3 is 0 Å². The van der Waals surface area contributed by atoms with Crippen molar-refractivity contribution in [1.82, 2.24) is 31.3 Å². The van der Waals surface area contributed by atoms with Crippen LogP contribution in [-0.2, 0) is 4.74 Å². The third-order valence-corrected chi connectivity index (χ3v) is 4.46. The number of hydrogen-bond donors (Lipinski definition) is 3. The summed E-state index contributed by atoms with van der Waals surface area (Å²) in [6, 6.07) is 15.4. The molecule has 138 valence electrons. The summed E-state index contributed by atoms with van der Waals surface area (Å²) in [5.74, 6) is 0.467. The molecule has 1 fully saturated rings. The van der Waals surface area contributed by atoms with Crippen LogP contribution in [0.4, 0.5) is 0 Å². The van der Waals surface area contributed by atoms with E-state index < -0.39 is 0 Å². The predicted molar refractivity (Wildman–Crippen MR) is 100.0 cm³/mol. The molecule has 8 nitrogen and oxygen atoms in total. The van der Waals surface area contributed by atoms with E-state index in [9.17, 15) is 4.79 Å². The summed E-state index contributed by atoms with van der Waals surface area (Å²) in [4.78, 5) is 12.3. The first kappa shape index (κ1) is 17.3. The van der Waals surface area contributed by atoms with Crippen LogP contribution in [0.5, 0.6) is 0 Å². The normalized spacial score (nSPS) is 16.8. The number of nitrogens with zero attached hydrogens (tertiary/aromatic N) is 3. The number of tetrazole rings is 1. The molecule has 4 rings (SSSR count). The van der Waals surface area contributed by atoms with Gasteiger partial charge in [-0.05, 0) is 28.5 Å². The van der Waals surface area contributed by atoms with E-state index in [2.05, 4.69) is 31.3 Å². The molecule has 0 saturated carbocycles. The summed E-state index contributed by atoms with van der Waals surface area (Å²) < 4.78 is 5.59. The number of morpholine rings is 1. The fourth-order valence-electron chi connectivity index (χ4n) is 2.97. The molecule has 1 aliphatic heterocycles. The van der Waals surface area contributed by atoms with Crippen molar-refractivity contribution in [2.45, 2.75) is 6.10 Å². The minimum atomic E-state index is -0.0943. The van der Waals surface area contributed by atoms with Crippen LogP contribution in [-0.4, -0.2) is 58.9 Å². The average Bonchev–Trinajstić information content (AvgIpc) is 3.28. The molecule has 0 unspecified atom stereocenters. The largest absolute Gasteiger partial charge is 0.374 e. The predicted octanol–water partition coefficient (Wildman–Crippen LogP) is 1.25. The summed E-state index contributed by atoms with van der Waals surface area (Å²) in [7, 11) is 0. The summed E-state index contributed by atoms with van der Waals surface area (Å²) in [6.07, 6.45) is 0.0275. The number of aromatic amines is 1. The lowest BCUT2D eigenvalue weighted by Gasteiger charge is -2.23. The van der Waals surface area contributed by atoms with Crippen molar-refractivity contribution in [1.29, 1.82) is 0 Å². The number of carbonyl (C=O) groups excluding carboxylic acids is 1. The highest BCUT2D eigenvalue weighted by molar-refractivity contribution is 5.94. The number of carbonyl (C=O) groups is 1. The third-order valence-electron chi connectivity index (χ3n) is 4.46. The van der Waals surface area contributed by atoms with Crippen molar-refractivity contribution < 1.29 is 9.53 Å². The van der Waals surface area contributed by atoms with Gasteiger partial charge in [0, 0.05) is 30.8 Å². The quantitative estimate of drug-likeness (QED) is 0.629. The Hall–Kier alpha value is -3.10. The summed E-state index contributed by atoms with van der Waals surface area (Å²) >= 11 is 0. The van der Waals surface area contributed by atoms with Crippen molar-refractivity contribution in [2.24, 2.45) is 0 Å². The lowest BCUT2D eigenvalue weighted by atomic mass is 10.0. The van der Waals surface area contributed by atoms with E-state index in [0.717, 1.165) is 29.8 Å². The van der Waals surface area contributed by atoms with Crippen molar-refractivity contribution in [2.75, 3.05) is 26.2 Å². The maximum atomic E-state index is 12.3. The molecule has 1 aliphatic rings. The summed E-state index contributed by atoms with van der Waals surface area (Å²) in [6.45, 7) is 2.81. The van der Waals surface area contributed by atoms with Crippen LogP contribution < -0.4 is 10.6 Å². The van der Waals surface area contributed by atoms with Gasteiger partial charge in [-0.25, -0.2) is 0 Å². The minimum Gasteiger partial charge on any atom is -0.374 e. The maximum absolute atomic E-state index is 12.3. The lowest BCUT2D eigenvalue weighted by molar-refractivity contribution is 0.0287. The highest BCUT2D eigenvalue weighted by Gasteiger charge is 2.15. The van der Waals surface area contributed by atoms with E-state index in [1.54, 1.807) is 0 Å². The van der Waals surface area contributed by atoms with Crippen molar-refractivity contribution in [3.05, 3.63) is 54.1 Å². The van der Waals surface area contributed by atoms with E-state index in [1.165, 1.54) is 0 Å². The van der Waals surface area contributed by atoms with Gasteiger partial charge in [0.2, 0.25) is 5.82 Å². The first-order valence-electron chi connectivity index (χ1n) is 8.84. The van der Waals surface area contributed by atoms with Gasteiger partial charge in [0.25, 0.3) is 5.91 Å². The number of nitrogens with one attached hydrogen (secondary N) is 3. The average molecular weight is 364 g/mol. The second-order valence-electron chi connectivity index (χ2n) is 6.30. The molecule has 0 bridgehead atoms. The van der Waals surface area contributed by atoms with Gasteiger partial charge in [-0.2, -0.15) is 5.21 Å². The highest BCUT2D eigenvalue weighted by Crippen LogP contribution is 2.23. The molecular formula is C19H20N6O2. The van der Waals surface area contributed by atoms with Crippen molar-refractivity contribution >= 4 is 5.91 Å². The number of aromatic nitrogens is 4. The number of rotatable bonds is 5. The number of benzene rings is 2. The Morgan fingerprint density at radius 3 is 2.41 bits per heavy atom. The molecular weight excluding hydrogens is 344 g/mol. The molecule has 2 aromatic carbocycles. The fraction of sp³-hybridized carbons (Fsp3) is 0.263. The van der Waals surface area contributed by atoms with E-state index in [1.807, 2.05) is 48.5 Å². The monoisotopic (exact) mass is 364 g/mol. The number of hydrogen-bond acceptors (Lipinski definition) is 6. The van der Waals surface area contributed by atoms with Crippen molar-refractivity contribution in [3.63, 3.8) is 0 Å². The first-order chi connectivity index (χ1) is 13.3. The second kappa shape index (κ2) is 8.07. The van der Waals surface area contributed by atoms with Crippen LogP contribution in [0, 0.1) is 0 Å². The Bertz CT molecular complexity index is 872. The van der Waals surface area contributed by atoms with E-state index in [0.29, 0.717) is 24.5 Å². The molecule has 27 heavy (non-hydrogen) atoms. The summed E-state index contributed by atoms with van der Waals surface area (Å²) in [5.41, 5.74) is 3.61. The van der Waals surface area contributed by atoms with Crippen LogP contribution in [0.15, 0.2) is 48.5 Å². The van der Waals surface area contributed by atoms with Crippen LogP contribution in [0.2, 0.25) is 0 Å². The molecule has 0 aliphatic carbocycles. The van der Waals surface area contributed by atoms with Gasteiger partial charge in [-0.15, -0.1) is 10.2 Å². The molecule has 1 saturated heterocycles. The Labute approximate surface area is 156 Å². The summed E-state index contributed by atoms with van der Waals surface area (Å²) in [5, 5.41) is 20.1. The Kier molecular flexibility index (Phi) is 5.17. The number of amides is 1. The van der Waals surface area contributed by atoms with E-state index in [-0.39, 0.29) is 12.0 Å². The van der Waals surface area contributed by atoms with Crippen molar-refractivity contribution in [3.8, 4) is 22.5 Å². The topological polar surface area (TPSA) is 105 Å². The van der Waals surface area contributed by atoms with Crippen LogP contribution in [0.1, 0.15) is 10.4 Å². The zero-order valence-electron chi connectivity index (χ0n) is 14.7. The fourth-order valence-corrected chi connectivity index (χ4v) is 2.97. The van der Waals surface area contributed by atoms with E-state index >= 15 is 0 Å². The SMILES string of the molecule is O=C(NC[C@H]1CNCCO1)c1ccc(-c2ccc(-c3nn[nH]n3)cc2)cc1. The van der Waals surface area contributed by atoms with Crippen LogP contribution in [0.25, 0.3) is 22.5 Å². The Balaban J connectivity index is 1.38. The second-order valence-corrected chi connectivity index (χ2v) is 6.30. The molecule has 2 heterocycles.